The Kier molecular flexibility index (Phi) is 8.18. The third-order valence-electron chi connectivity index (χ3n) is 7.84. The largest absolute Gasteiger partial charge is 0.482 e. The number of ether oxygens (including phenoxy) is 1. The molecule has 2 aromatic rings. The molecule has 0 aliphatic carbocycles. The van der Waals surface area contributed by atoms with E-state index in [4.69, 9.17) is 4.74 Å². The highest BCUT2D eigenvalue weighted by Crippen LogP contribution is 2.33. The van der Waals surface area contributed by atoms with Gasteiger partial charge in [-0.05, 0) is 81.5 Å². The molecule has 192 valence electrons. The molecule has 2 aromatic carbocycles. The summed E-state index contributed by atoms with van der Waals surface area (Å²) in [6.07, 6.45) is 5.91. The number of carbonyl (C=O) groups excluding carboxylic acids is 2. The second kappa shape index (κ2) is 11.9. The van der Waals surface area contributed by atoms with Crippen LogP contribution in [0.5, 0.6) is 5.75 Å². The second-order valence-corrected chi connectivity index (χ2v) is 10.2. The van der Waals surface area contributed by atoms with E-state index in [1.165, 1.54) is 24.8 Å². The number of anilines is 1. The van der Waals surface area contributed by atoms with Crippen LogP contribution >= 0.6 is 0 Å². The summed E-state index contributed by atoms with van der Waals surface area (Å²) in [5.74, 6) is 1.23. The van der Waals surface area contributed by atoms with Crippen LogP contribution in [-0.4, -0.2) is 80.6 Å². The van der Waals surface area contributed by atoms with Gasteiger partial charge in [-0.1, -0.05) is 36.8 Å². The second-order valence-electron chi connectivity index (χ2n) is 10.2. The van der Waals surface area contributed by atoms with Crippen molar-refractivity contribution in [3.8, 4) is 5.75 Å². The van der Waals surface area contributed by atoms with Gasteiger partial charge in [-0.25, -0.2) is 0 Å². The van der Waals surface area contributed by atoms with Crippen LogP contribution in [0.3, 0.4) is 0 Å². The lowest BCUT2D eigenvalue weighted by molar-refractivity contribution is -0.121. The predicted molar refractivity (Wildman–Crippen MR) is 142 cm³/mol. The number of benzene rings is 2. The van der Waals surface area contributed by atoms with Gasteiger partial charge in [0, 0.05) is 31.7 Å². The van der Waals surface area contributed by atoms with Crippen LogP contribution in [0.25, 0.3) is 0 Å². The lowest BCUT2D eigenvalue weighted by Crippen LogP contribution is -2.45. The number of hydrogen-bond acceptors (Lipinski definition) is 5. The SMILES string of the molecule is O=C(NCCN1CCCCC1)c1ccccc1C1CCN(CCN2C(=O)COc3ccccc32)CC1. The molecule has 0 aromatic heterocycles. The maximum absolute atomic E-state index is 13.0. The van der Waals surface area contributed by atoms with E-state index in [0.717, 1.165) is 69.1 Å². The van der Waals surface area contributed by atoms with Gasteiger partial charge in [-0.2, -0.15) is 0 Å². The number of para-hydroxylation sites is 2. The Morgan fingerprint density at radius 1 is 0.861 bits per heavy atom. The van der Waals surface area contributed by atoms with Crippen molar-refractivity contribution in [3.05, 3.63) is 59.7 Å². The van der Waals surface area contributed by atoms with Crippen LogP contribution in [0.15, 0.2) is 48.5 Å². The standard InChI is InChI=1S/C29H38N4O3/c34-28-22-36-27-11-5-4-10-26(27)33(28)21-20-32-17-12-23(13-18-32)24-8-2-3-9-25(24)29(35)30-14-19-31-15-6-1-7-16-31/h2-5,8-11,23H,1,6-7,12-22H2,(H,30,35). The molecule has 0 unspecified atom stereocenters. The highest BCUT2D eigenvalue weighted by molar-refractivity contribution is 5.97. The van der Waals surface area contributed by atoms with Gasteiger partial charge in [0.2, 0.25) is 0 Å². The zero-order chi connectivity index (χ0) is 24.7. The Morgan fingerprint density at radius 2 is 1.58 bits per heavy atom. The third-order valence-corrected chi connectivity index (χ3v) is 7.84. The molecule has 2 saturated heterocycles. The molecule has 3 aliphatic rings. The molecule has 0 atom stereocenters. The molecule has 0 saturated carbocycles. The number of hydrogen-bond donors (Lipinski definition) is 1. The van der Waals surface area contributed by atoms with E-state index in [0.29, 0.717) is 19.0 Å². The zero-order valence-electron chi connectivity index (χ0n) is 21.2. The van der Waals surface area contributed by atoms with Crippen LogP contribution in [0.4, 0.5) is 5.69 Å². The molecule has 5 rings (SSSR count). The first kappa shape index (κ1) is 24.8. The van der Waals surface area contributed by atoms with E-state index in [1.54, 1.807) is 0 Å². The minimum atomic E-state index is 0.0174. The molecule has 3 aliphatic heterocycles. The van der Waals surface area contributed by atoms with Crippen molar-refractivity contribution >= 4 is 17.5 Å². The summed E-state index contributed by atoms with van der Waals surface area (Å²) in [4.78, 5) is 32.3. The number of nitrogens with zero attached hydrogens (tertiary/aromatic N) is 3. The monoisotopic (exact) mass is 490 g/mol. The van der Waals surface area contributed by atoms with Crippen molar-refractivity contribution in [1.82, 2.24) is 15.1 Å². The van der Waals surface area contributed by atoms with E-state index in [2.05, 4.69) is 21.2 Å². The maximum atomic E-state index is 13.0. The predicted octanol–water partition coefficient (Wildman–Crippen LogP) is 3.51. The van der Waals surface area contributed by atoms with Crippen molar-refractivity contribution in [1.29, 1.82) is 0 Å². The van der Waals surface area contributed by atoms with Gasteiger partial charge in [0.25, 0.3) is 11.8 Å². The van der Waals surface area contributed by atoms with Crippen LogP contribution in [0.1, 0.15) is 53.9 Å². The summed E-state index contributed by atoms with van der Waals surface area (Å²) < 4.78 is 5.57. The van der Waals surface area contributed by atoms with Crippen LogP contribution in [-0.2, 0) is 4.79 Å². The van der Waals surface area contributed by atoms with E-state index >= 15 is 0 Å². The van der Waals surface area contributed by atoms with Crippen molar-refractivity contribution in [2.75, 3.05) is 63.9 Å². The Labute approximate surface area is 214 Å². The van der Waals surface area contributed by atoms with Crippen molar-refractivity contribution in [2.45, 2.75) is 38.0 Å². The van der Waals surface area contributed by atoms with Crippen molar-refractivity contribution in [2.24, 2.45) is 0 Å². The minimum absolute atomic E-state index is 0.0174. The number of piperidine rings is 2. The summed E-state index contributed by atoms with van der Waals surface area (Å²) in [5.41, 5.74) is 2.86. The Hall–Kier alpha value is -2.90. The minimum Gasteiger partial charge on any atom is -0.482 e. The van der Waals surface area contributed by atoms with Crippen molar-refractivity contribution in [3.63, 3.8) is 0 Å². The number of carbonyl (C=O) groups is 2. The fraction of sp³-hybridized carbons (Fsp3) is 0.517. The molecular weight excluding hydrogens is 452 g/mol. The van der Waals surface area contributed by atoms with E-state index in [-0.39, 0.29) is 18.4 Å². The van der Waals surface area contributed by atoms with Gasteiger partial charge in [-0.15, -0.1) is 0 Å². The fourth-order valence-electron chi connectivity index (χ4n) is 5.77. The Morgan fingerprint density at radius 3 is 2.42 bits per heavy atom. The fourth-order valence-corrected chi connectivity index (χ4v) is 5.77. The van der Waals surface area contributed by atoms with Crippen LogP contribution in [0, 0.1) is 0 Å². The Balaban J connectivity index is 1.12. The van der Waals surface area contributed by atoms with E-state index in [1.807, 2.05) is 47.4 Å². The number of nitrogens with one attached hydrogen (secondary N) is 1. The van der Waals surface area contributed by atoms with Gasteiger partial charge in [-0.3, -0.25) is 9.59 Å². The smallest absolute Gasteiger partial charge is 0.265 e. The molecular formula is C29H38N4O3. The van der Waals surface area contributed by atoms with Gasteiger partial charge in [0.15, 0.2) is 6.61 Å². The first-order valence-corrected chi connectivity index (χ1v) is 13.5. The molecule has 0 bridgehead atoms. The number of fused-ring (bicyclic) bond motifs is 1. The molecule has 1 N–H and O–H groups in total. The van der Waals surface area contributed by atoms with Gasteiger partial charge in [0.1, 0.15) is 5.75 Å². The van der Waals surface area contributed by atoms with Crippen LogP contribution in [0.2, 0.25) is 0 Å². The highest BCUT2D eigenvalue weighted by Gasteiger charge is 2.28. The first-order chi connectivity index (χ1) is 17.7. The number of amides is 2. The molecule has 3 heterocycles. The lowest BCUT2D eigenvalue weighted by atomic mass is 9.86. The third kappa shape index (κ3) is 5.90. The molecule has 7 heteroatoms. The molecule has 2 amide bonds. The quantitative estimate of drug-likeness (QED) is 0.614. The molecule has 2 fully saturated rings. The van der Waals surface area contributed by atoms with Gasteiger partial charge in [0.05, 0.1) is 5.69 Å². The summed E-state index contributed by atoms with van der Waals surface area (Å²) in [6.45, 7) is 7.48. The highest BCUT2D eigenvalue weighted by atomic mass is 16.5. The van der Waals surface area contributed by atoms with E-state index in [9.17, 15) is 9.59 Å². The summed E-state index contributed by atoms with van der Waals surface area (Å²) in [5, 5.41) is 3.16. The summed E-state index contributed by atoms with van der Waals surface area (Å²) in [6, 6.07) is 15.9. The average Bonchev–Trinajstić information content (AvgIpc) is 2.93. The number of likely N-dealkylation sites (tertiary alicyclic amines) is 2. The van der Waals surface area contributed by atoms with Crippen molar-refractivity contribution < 1.29 is 14.3 Å². The molecule has 0 radical (unpaired) electrons. The average molecular weight is 491 g/mol. The topological polar surface area (TPSA) is 65.1 Å². The van der Waals surface area contributed by atoms with Gasteiger partial charge < -0.3 is 24.8 Å². The normalized spacial score (nSPS) is 19.6. The maximum Gasteiger partial charge on any atom is 0.265 e. The Bertz CT molecular complexity index is 1040. The summed E-state index contributed by atoms with van der Waals surface area (Å²) >= 11 is 0. The molecule has 7 nitrogen and oxygen atoms in total. The first-order valence-electron chi connectivity index (χ1n) is 13.5. The summed E-state index contributed by atoms with van der Waals surface area (Å²) in [7, 11) is 0. The van der Waals surface area contributed by atoms with Gasteiger partial charge >= 0.3 is 0 Å². The molecule has 36 heavy (non-hydrogen) atoms. The van der Waals surface area contributed by atoms with E-state index < -0.39 is 0 Å². The lowest BCUT2D eigenvalue weighted by Gasteiger charge is -2.35. The number of rotatable bonds is 8. The zero-order valence-corrected chi connectivity index (χ0v) is 21.2. The molecule has 0 spiro atoms. The van der Waals surface area contributed by atoms with Crippen LogP contribution < -0.4 is 15.0 Å².